The smallest absolute Gasteiger partial charge is 0.251 e. The molecule has 1 N–H and O–H groups in total. The summed E-state index contributed by atoms with van der Waals surface area (Å²) in [6.45, 7) is 4.55. The zero-order valence-corrected chi connectivity index (χ0v) is 7.77. The Morgan fingerprint density at radius 2 is 1.83 bits per heavy atom. The van der Waals surface area contributed by atoms with Crippen molar-refractivity contribution in [2.45, 2.75) is 45.6 Å². The molecule has 0 bridgehead atoms. The van der Waals surface area contributed by atoms with Gasteiger partial charge in [-0.25, -0.2) is 8.78 Å². The lowest BCUT2D eigenvalue weighted by Crippen LogP contribution is -2.55. The second kappa shape index (κ2) is 2.66. The average molecular weight is 178 g/mol. The van der Waals surface area contributed by atoms with E-state index in [1.807, 2.05) is 0 Å². The van der Waals surface area contributed by atoms with Crippen LogP contribution in [0.3, 0.4) is 0 Å². The Kier molecular flexibility index (Phi) is 2.19. The number of halogens is 2. The molecule has 3 heteroatoms. The summed E-state index contributed by atoms with van der Waals surface area (Å²) in [5, 5.41) is 9.06. The molecule has 0 heterocycles. The largest absolute Gasteiger partial charge is 0.393 e. The summed E-state index contributed by atoms with van der Waals surface area (Å²) < 4.78 is 26.3. The number of aliphatic hydroxyl groups excluding tert-OH is 1. The van der Waals surface area contributed by atoms with Crippen molar-refractivity contribution in [3.05, 3.63) is 0 Å². The van der Waals surface area contributed by atoms with Gasteiger partial charge in [0.2, 0.25) is 0 Å². The third-order valence-electron chi connectivity index (χ3n) is 3.18. The van der Waals surface area contributed by atoms with Gasteiger partial charge in [-0.05, 0) is 25.7 Å². The Bertz CT molecular complexity index is 166. The molecule has 1 aliphatic rings. The molecule has 0 amide bonds. The molecule has 72 valence electrons. The number of aliphatic hydroxyl groups is 1. The highest BCUT2D eigenvalue weighted by Gasteiger charge is 2.59. The minimum absolute atomic E-state index is 0.0686. The van der Waals surface area contributed by atoms with Crippen molar-refractivity contribution in [3.8, 4) is 0 Å². The minimum Gasteiger partial charge on any atom is -0.393 e. The summed E-state index contributed by atoms with van der Waals surface area (Å²) in [6, 6.07) is 0. The molecular weight excluding hydrogens is 162 g/mol. The number of hydrogen-bond donors (Lipinski definition) is 1. The Morgan fingerprint density at radius 1 is 1.42 bits per heavy atom. The molecule has 1 saturated carbocycles. The monoisotopic (exact) mass is 178 g/mol. The van der Waals surface area contributed by atoms with Gasteiger partial charge in [-0.15, -0.1) is 0 Å². The van der Waals surface area contributed by atoms with Crippen LogP contribution in [0.5, 0.6) is 0 Å². The van der Waals surface area contributed by atoms with Crippen molar-refractivity contribution in [2.75, 3.05) is 0 Å². The quantitative estimate of drug-likeness (QED) is 0.688. The van der Waals surface area contributed by atoms with E-state index in [4.69, 9.17) is 5.11 Å². The highest BCUT2D eigenvalue weighted by Crippen LogP contribution is 2.56. The zero-order chi connectivity index (χ0) is 9.57. The van der Waals surface area contributed by atoms with Gasteiger partial charge in [-0.3, -0.25) is 0 Å². The van der Waals surface area contributed by atoms with E-state index in [0.717, 1.165) is 6.92 Å². The number of rotatable bonds is 2. The first-order valence-electron chi connectivity index (χ1n) is 4.35. The van der Waals surface area contributed by atoms with Crippen molar-refractivity contribution in [2.24, 2.45) is 11.3 Å². The predicted molar refractivity (Wildman–Crippen MR) is 43.1 cm³/mol. The van der Waals surface area contributed by atoms with Crippen LogP contribution in [0.4, 0.5) is 8.78 Å². The minimum atomic E-state index is -2.67. The average Bonchev–Trinajstić information content (AvgIpc) is 1.76. The molecular formula is C9H16F2O. The van der Waals surface area contributed by atoms with Gasteiger partial charge in [0.25, 0.3) is 5.92 Å². The van der Waals surface area contributed by atoms with E-state index >= 15 is 0 Å². The van der Waals surface area contributed by atoms with Crippen molar-refractivity contribution >= 4 is 0 Å². The van der Waals surface area contributed by atoms with E-state index in [9.17, 15) is 8.78 Å². The molecule has 0 aromatic heterocycles. The molecule has 1 aliphatic carbocycles. The molecule has 1 rings (SSSR count). The normalized spacial score (nSPS) is 36.8. The lowest BCUT2D eigenvalue weighted by Gasteiger charge is -2.51. The molecule has 1 fully saturated rings. The molecule has 0 aromatic rings. The SMILES string of the molecule is CC(C)C1(C(C)(F)F)CC(O)C1. The fraction of sp³-hybridized carbons (Fsp3) is 1.00. The molecule has 0 unspecified atom stereocenters. The van der Waals surface area contributed by atoms with Gasteiger partial charge >= 0.3 is 0 Å². The van der Waals surface area contributed by atoms with E-state index in [2.05, 4.69) is 0 Å². The van der Waals surface area contributed by atoms with E-state index in [1.54, 1.807) is 13.8 Å². The van der Waals surface area contributed by atoms with Crippen molar-refractivity contribution in [3.63, 3.8) is 0 Å². The molecule has 0 aromatic carbocycles. The summed E-state index contributed by atoms with van der Waals surface area (Å²) in [7, 11) is 0. The van der Waals surface area contributed by atoms with Gasteiger partial charge < -0.3 is 5.11 Å². The summed E-state index contributed by atoms with van der Waals surface area (Å²) in [4.78, 5) is 0. The standard InChI is InChI=1S/C9H16F2O/c1-6(2)9(8(3,10)11)4-7(12)5-9/h6-7,12H,4-5H2,1-3H3. The fourth-order valence-electron chi connectivity index (χ4n) is 2.12. The van der Waals surface area contributed by atoms with Gasteiger partial charge in [0.05, 0.1) is 6.10 Å². The third kappa shape index (κ3) is 1.24. The van der Waals surface area contributed by atoms with E-state index in [-0.39, 0.29) is 18.8 Å². The van der Waals surface area contributed by atoms with Gasteiger partial charge in [-0.1, -0.05) is 13.8 Å². The maximum Gasteiger partial charge on any atom is 0.251 e. The van der Waals surface area contributed by atoms with Gasteiger partial charge in [0.1, 0.15) is 0 Å². The highest BCUT2D eigenvalue weighted by molar-refractivity contribution is 5.02. The number of alkyl halides is 2. The van der Waals surface area contributed by atoms with Gasteiger partial charge in [0.15, 0.2) is 0 Å². The second-order valence-electron chi connectivity index (χ2n) is 4.26. The second-order valence-corrected chi connectivity index (χ2v) is 4.26. The molecule has 12 heavy (non-hydrogen) atoms. The lowest BCUT2D eigenvalue weighted by atomic mass is 9.57. The fourth-order valence-corrected chi connectivity index (χ4v) is 2.12. The molecule has 0 spiro atoms. The van der Waals surface area contributed by atoms with Crippen LogP contribution in [0.15, 0.2) is 0 Å². The summed E-state index contributed by atoms with van der Waals surface area (Å²) in [5.41, 5.74) is -0.952. The maximum absolute atomic E-state index is 13.1. The van der Waals surface area contributed by atoms with Crippen LogP contribution >= 0.6 is 0 Å². The zero-order valence-electron chi connectivity index (χ0n) is 7.77. The highest BCUT2D eigenvalue weighted by atomic mass is 19.3. The summed E-state index contributed by atoms with van der Waals surface area (Å²) >= 11 is 0. The Hall–Kier alpha value is -0.180. The van der Waals surface area contributed by atoms with Crippen molar-refractivity contribution in [1.82, 2.24) is 0 Å². The van der Waals surface area contributed by atoms with Crippen LogP contribution in [0.25, 0.3) is 0 Å². The van der Waals surface area contributed by atoms with Crippen LogP contribution in [0, 0.1) is 11.3 Å². The first kappa shape index (κ1) is 9.90. The molecule has 0 radical (unpaired) electrons. The summed E-state index contributed by atoms with van der Waals surface area (Å²) in [5.74, 6) is -2.73. The van der Waals surface area contributed by atoms with Crippen molar-refractivity contribution < 1.29 is 13.9 Å². The first-order chi connectivity index (χ1) is 5.29. The van der Waals surface area contributed by atoms with Gasteiger partial charge in [-0.2, -0.15) is 0 Å². The Balaban J connectivity index is 2.77. The van der Waals surface area contributed by atoms with E-state index in [0.29, 0.717) is 0 Å². The van der Waals surface area contributed by atoms with Crippen LogP contribution in [-0.2, 0) is 0 Å². The Morgan fingerprint density at radius 3 is 1.92 bits per heavy atom. The van der Waals surface area contributed by atoms with Crippen LogP contribution in [0.2, 0.25) is 0 Å². The molecule has 1 nitrogen and oxygen atoms in total. The van der Waals surface area contributed by atoms with Crippen LogP contribution < -0.4 is 0 Å². The van der Waals surface area contributed by atoms with E-state index in [1.165, 1.54) is 0 Å². The predicted octanol–water partition coefficient (Wildman–Crippen LogP) is 2.44. The van der Waals surface area contributed by atoms with Gasteiger partial charge in [0, 0.05) is 5.41 Å². The maximum atomic E-state index is 13.1. The molecule has 0 atom stereocenters. The summed E-state index contributed by atoms with van der Waals surface area (Å²) in [6.07, 6.45) is -0.0271. The topological polar surface area (TPSA) is 20.2 Å². The first-order valence-corrected chi connectivity index (χ1v) is 4.35. The Labute approximate surface area is 71.8 Å². The lowest BCUT2D eigenvalue weighted by molar-refractivity contribution is -0.210. The van der Waals surface area contributed by atoms with E-state index < -0.39 is 17.4 Å². The van der Waals surface area contributed by atoms with Crippen molar-refractivity contribution in [1.29, 1.82) is 0 Å². The molecule has 0 saturated heterocycles. The molecule has 0 aliphatic heterocycles. The van der Waals surface area contributed by atoms with Crippen LogP contribution in [0.1, 0.15) is 33.6 Å². The van der Waals surface area contributed by atoms with Crippen LogP contribution in [-0.4, -0.2) is 17.1 Å². The third-order valence-corrected chi connectivity index (χ3v) is 3.18. The number of hydrogen-bond acceptors (Lipinski definition) is 1.